The number of nitrogens with zero attached hydrogens (tertiary/aromatic N) is 6. The number of hydrogen-bond acceptors (Lipinski definition) is 9. The van der Waals surface area contributed by atoms with Gasteiger partial charge in [-0.15, -0.1) is 73.3 Å². The van der Waals surface area contributed by atoms with Crippen LogP contribution in [0.5, 0.6) is 0 Å². The maximum absolute atomic E-state index is 13.2. The molecule has 18 heteroatoms. The Morgan fingerprint density at radius 2 is 0.870 bits per heavy atom. The summed E-state index contributed by atoms with van der Waals surface area (Å²) >= 11 is 5.37. The summed E-state index contributed by atoms with van der Waals surface area (Å²) in [5.41, 5.74) is 20.3. The van der Waals surface area contributed by atoms with Gasteiger partial charge in [0.15, 0.2) is 6.19 Å². The molecule has 0 aliphatic carbocycles. The minimum atomic E-state index is -0.850. The van der Waals surface area contributed by atoms with Crippen LogP contribution in [-0.4, -0.2) is 90.6 Å². The fourth-order valence-electron chi connectivity index (χ4n) is 11.4. The number of fused-ring (bicyclic) bond motifs is 5. The summed E-state index contributed by atoms with van der Waals surface area (Å²) in [6.07, 6.45) is 49.8. The Kier molecular flexibility index (Phi) is 31.4. The number of carbonyl (C=O) groups excluding carboxylic acids is 6. The van der Waals surface area contributed by atoms with Crippen molar-refractivity contribution in [2.24, 2.45) is 11.5 Å². The first-order chi connectivity index (χ1) is 48.5. The molecule has 11 rings (SSSR count). The van der Waals surface area contributed by atoms with Crippen molar-refractivity contribution in [1.82, 2.24) is 33.5 Å². The summed E-state index contributed by atoms with van der Waals surface area (Å²) in [5.74, 6) is 11.1. The van der Waals surface area contributed by atoms with E-state index in [1.54, 1.807) is 20.3 Å². The topological polar surface area (TPSA) is 238 Å². The van der Waals surface area contributed by atoms with Crippen LogP contribution in [0.2, 0.25) is 0 Å². The number of Topliss-reactive ketones (excluding diaryl/α,β-unsaturated/α-hetero) is 1. The fourth-order valence-corrected chi connectivity index (χ4v) is 11.6. The van der Waals surface area contributed by atoms with E-state index in [9.17, 15) is 28.8 Å². The molecule has 0 atom stereocenters. The van der Waals surface area contributed by atoms with Crippen molar-refractivity contribution < 1.29 is 33.5 Å². The van der Waals surface area contributed by atoms with Crippen molar-refractivity contribution in [2.75, 3.05) is 27.1 Å². The monoisotopic (exact) mass is 1360 g/mol. The van der Waals surface area contributed by atoms with E-state index in [-0.39, 0.29) is 30.0 Å². The molecular formula is C82H85ClN10O7. The number of carbonyl (C=O) groups is 6. The number of methoxy groups -OCH3 is 1. The SMILES string of the molecule is C#CCCCCCl.C#CCCCCn1cc(C2=C(c3cn(CCCC#C)c4ccccc34)C(=O)NC2=O)c2ccccc21.C#CCCCCn1cc(CC(N)=O)c2ccccc21.C#CCCCn1cc(C(=O)C(=O)OC)c2ccccc21.CN(C)C#N.NC(=O)Cc1c[nH]c2ccccc12. The molecule has 0 spiro atoms. The van der Waals surface area contributed by atoms with Crippen LogP contribution in [0.4, 0.5) is 0 Å². The molecule has 10 aromatic rings. The highest BCUT2D eigenvalue weighted by Crippen LogP contribution is 2.39. The van der Waals surface area contributed by atoms with Crippen molar-refractivity contribution in [2.45, 2.75) is 122 Å². The number of aromatic amines is 1. The number of amides is 4. The van der Waals surface area contributed by atoms with Crippen LogP contribution >= 0.6 is 11.6 Å². The molecule has 0 saturated heterocycles. The molecule has 0 fully saturated rings. The van der Waals surface area contributed by atoms with Gasteiger partial charge in [0.05, 0.1) is 36.7 Å². The Labute approximate surface area is 590 Å². The molecule has 4 amide bonds. The fraction of sp³-hybridized carbons (Fsp3) is 0.280. The summed E-state index contributed by atoms with van der Waals surface area (Å²) in [4.78, 5) is 76.2. The van der Waals surface area contributed by atoms with E-state index in [4.69, 9.17) is 60.4 Å². The number of nitrogens with one attached hydrogen (secondary N) is 2. The lowest BCUT2D eigenvalue weighted by Crippen LogP contribution is -2.22. The number of imide groups is 1. The van der Waals surface area contributed by atoms with Crippen molar-refractivity contribution in [3.8, 4) is 67.9 Å². The molecule has 1 aliphatic heterocycles. The molecule has 0 bridgehead atoms. The molecule has 6 N–H and O–H groups in total. The third kappa shape index (κ3) is 21.6. The number of rotatable bonds is 25. The minimum Gasteiger partial charge on any atom is -0.463 e. The van der Waals surface area contributed by atoms with E-state index in [0.29, 0.717) is 42.5 Å². The first-order valence-electron chi connectivity index (χ1n) is 33.0. The highest BCUT2D eigenvalue weighted by atomic mass is 35.5. The van der Waals surface area contributed by atoms with Crippen molar-refractivity contribution in [1.29, 1.82) is 5.26 Å². The Hall–Kier alpha value is -11.9. The largest absolute Gasteiger partial charge is 0.463 e. The number of alkyl halides is 1. The van der Waals surface area contributed by atoms with Gasteiger partial charge in [0.1, 0.15) is 0 Å². The number of hydrogen-bond donors (Lipinski definition) is 4. The molecule has 0 saturated carbocycles. The van der Waals surface area contributed by atoms with Gasteiger partial charge < -0.3 is 44.4 Å². The van der Waals surface area contributed by atoms with E-state index in [1.807, 2.05) is 151 Å². The second-order valence-corrected chi connectivity index (χ2v) is 23.8. The molecule has 6 heterocycles. The summed E-state index contributed by atoms with van der Waals surface area (Å²) in [5, 5.41) is 15.2. The number of benzene rings is 5. The van der Waals surface area contributed by atoms with E-state index < -0.39 is 11.8 Å². The average molecular weight is 1360 g/mol. The number of halogens is 1. The van der Waals surface area contributed by atoms with Gasteiger partial charge in [-0.1, -0.05) is 91.0 Å². The molecule has 0 radical (unpaired) electrons. The van der Waals surface area contributed by atoms with Gasteiger partial charge in [0, 0.05) is 175 Å². The highest BCUT2D eigenvalue weighted by molar-refractivity contribution is 6.51. The van der Waals surface area contributed by atoms with Gasteiger partial charge in [-0.05, 0) is 92.8 Å². The summed E-state index contributed by atoms with van der Waals surface area (Å²) < 4.78 is 12.9. The standard InChI is InChI=1S/C31H27N3O2.C16H18N2O.C16H15NO3.C10H10N2O.C6H9Cl.C3H6N2/c1-3-5-7-13-19-34-21-25(23-15-9-11-17-27(23)34)29-28(30(35)32-31(29)36)24-20-33(18-12-6-4-2)26-16-10-8-14-22(24)26;1-2-3-4-7-10-18-12-13(11-16(17)19)14-8-5-6-9-15(14)18;1-3-4-7-10-17-11-13(15(18)16(19)20-2)12-8-5-6-9-14(12)17;11-10(13)5-7-6-12-9-4-2-1-3-8(7)9;1-2-3-4-5-6-7;1-5(2)3-4/h1-2,8-11,14-17,20-21H,5-7,12-13,18-19H2,(H,32,35,36);1,5-6,8-9,12H,3-4,7,10-11H2,(H2,17,19);1,5-6,8-9,11H,4,7,10H2,2H3;1-4,6,12H,5H2,(H2,11,13);1H,3-6H2;1-2H3. The van der Waals surface area contributed by atoms with Crippen LogP contribution in [0.3, 0.4) is 0 Å². The molecular weight excluding hydrogens is 1270 g/mol. The summed E-state index contributed by atoms with van der Waals surface area (Å²) in [7, 11) is 4.59. The normalized spacial score (nSPS) is 11.1. The molecule has 5 aromatic heterocycles. The van der Waals surface area contributed by atoms with Crippen LogP contribution in [0.15, 0.2) is 152 Å². The Morgan fingerprint density at radius 3 is 1.32 bits per heavy atom. The number of aryl methyl sites for hydroxylation is 4. The van der Waals surface area contributed by atoms with Crippen LogP contribution in [0, 0.1) is 73.2 Å². The summed E-state index contributed by atoms with van der Waals surface area (Å²) in [6.45, 7) is 3.15. The predicted molar refractivity (Wildman–Crippen MR) is 402 cm³/mol. The van der Waals surface area contributed by atoms with Crippen LogP contribution < -0.4 is 16.8 Å². The van der Waals surface area contributed by atoms with Crippen molar-refractivity contribution >= 4 is 113 Å². The van der Waals surface area contributed by atoms with Crippen LogP contribution in [-0.2, 0) is 67.7 Å². The maximum Gasteiger partial charge on any atom is 0.379 e. The zero-order chi connectivity index (χ0) is 72.3. The Balaban J connectivity index is 0.000000210. The number of terminal acetylenes is 5. The second-order valence-electron chi connectivity index (χ2n) is 23.4. The lowest BCUT2D eigenvalue weighted by Gasteiger charge is -2.04. The lowest BCUT2D eigenvalue weighted by molar-refractivity contribution is -0.135. The number of esters is 1. The number of H-pyrrole nitrogens is 1. The molecule has 17 nitrogen and oxygen atoms in total. The Bertz CT molecular complexity index is 4780. The third-order valence-electron chi connectivity index (χ3n) is 16.0. The maximum atomic E-state index is 13.2. The van der Waals surface area contributed by atoms with E-state index >= 15 is 0 Å². The van der Waals surface area contributed by atoms with Crippen molar-refractivity contribution in [3.05, 3.63) is 180 Å². The van der Waals surface area contributed by atoms with E-state index in [2.05, 4.69) is 64.4 Å². The quantitative estimate of drug-likeness (QED) is 0.00489. The van der Waals surface area contributed by atoms with Gasteiger partial charge >= 0.3 is 5.97 Å². The third-order valence-corrected chi connectivity index (χ3v) is 16.3. The van der Waals surface area contributed by atoms with Gasteiger partial charge in [-0.2, -0.15) is 5.26 Å². The van der Waals surface area contributed by atoms with E-state index in [0.717, 1.165) is 173 Å². The van der Waals surface area contributed by atoms with Gasteiger partial charge in [-0.3, -0.25) is 29.3 Å². The number of unbranched alkanes of at least 4 members (excludes halogenated alkanes) is 8. The van der Waals surface area contributed by atoms with Crippen LogP contribution in [0.1, 0.15) is 116 Å². The molecule has 0 unspecified atom stereocenters. The van der Waals surface area contributed by atoms with E-state index in [1.165, 1.54) is 12.0 Å². The van der Waals surface area contributed by atoms with Crippen LogP contribution in [0.25, 0.3) is 65.7 Å². The lowest BCUT2D eigenvalue weighted by atomic mass is 9.95. The molecule has 512 valence electrons. The number of nitrogens with two attached hydrogens (primary N) is 2. The number of nitriles is 1. The van der Waals surface area contributed by atoms with Gasteiger partial charge in [0.2, 0.25) is 11.8 Å². The van der Waals surface area contributed by atoms with Gasteiger partial charge in [-0.25, -0.2) is 4.79 Å². The number of para-hydroxylation sites is 5. The predicted octanol–water partition coefficient (Wildman–Crippen LogP) is 13.5. The summed E-state index contributed by atoms with van der Waals surface area (Å²) in [6, 6.07) is 39.4. The number of ketones is 1. The average Bonchev–Trinajstić information content (AvgIpc) is 1.59. The smallest absolute Gasteiger partial charge is 0.379 e. The first-order valence-corrected chi connectivity index (χ1v) is 33.5. The first kappa shape index (κ1) is 77.1. The molecule has 100 heavy (non-hydrogen) atoms. The molecule has 1 aliphatic rings. The van der Waals surface area contributed by atoms with Gasteiger partial charge in [0.25, 0.3) is 17.6 Å². The zero-order valence-corrected chi connectivity index (χ0v) is 57.8. The highest BCUT2D eigenvalue weighted by Gasteiger charge is 2.35. The Morgan fingerprint density at radius 1 is 0.500 bits per heavy atom. The van der Waals surface area contributed by atoms with Crippen molar-refractivity contribution in [3.63, 3.8) is 0 Å². The number of ether oxygens (including phenoxy) is 1. The minimum absolute atomic E-state index is 0.290. The number of primary amides is 2. The molecule has 5 aromatic carbocycles. The number of aromatic nitrogens is 5. The zero-order valence-electron chi connectivity index (χ0n) is 57.0. The second kappa shape index (κ2) is 40.6.